The van der Waals surface area contributed by atoms with Crippen molar-refractivity contribution in [3.8, 4) is 5.75 Å². The van der Waals surface area contributed by atoms with E-state index >= 15 is 0 Å². The van der Waals surface area contributed by atoms with E-state index in [1.807, 2.05) is 29.2 Å². The van der Waals surface area contributed by atoms with Crippen LogP contribution in [0.15, 0.2) is 46.9 Å². The number of likely N-dealkylation sites (tertiary alicyclic amines) is 1. The zero-order chi connectivity index (χ0) is 34.7. The Morgan fingerprint density at radius 2 is 1.59 bits per heavy atom. The molecule has 4 aliphatic rings. The summed E-state index contributed by atoms with van der Waals surface area (Å²) in [4.78, 5) is 48.0. The quantitative estimate of drug-likeness (QED) is 0.387. The van der Waals surface area contributed by atoms with E-state index in [2.05, 4.69) is 26.1 Å². The van der Waals surface area contributed by atoms with Crippen molar-refractivity contribution in [1.29, 1.82) is 0 Å². The number of nitrogens with one attached hydrogen (secondary N) is 1. The topological polar surface area (TPSA) is 169 Å². The molecule has 49 heavy (non-hydrogen) atoms. The third kappa shape index (κ3) is 8.48. The van der Waals surface area contributed by atoms with Gasteiger partial charge in [0.15, 0.2) is 6.10 Å². The number of nitrogens with two attached hydrogens (primary N) is 1. The second-order valence-corrected chi connectivity index (χ2v) is 15.5. The third-order valence-corrected chi connectivity index (χ3v) is 11.9. The Kier molecular flexibility index (Phi) is 11.0. The summed E-state index contributed by atoms with van der Waals surface area (Å²) in [6.07, 6.45) is 1.80. The van der Waals surface area contributed by atoms with Crippen molar-refractivity contribution < 1.29 is 32.6 Å². The summed E-state index contributed by atoms with van der Waals surface area (Å²) in [6, 6.07) is 12.8. The number of piperidine rings is 2. The summed E-state index contributed by atoms with van der Waals surface area (Å²) in [7, 11) is -3.70. The van der Waals surface area contributed by atoms with E-state index < -0.39 is 22.4 Å². The van der Waals surface area contributed by atoms with Crippen molar-refractivity contribution in [3.63, 3.8) is 0 Å². The zero-order valence-corrected chi connectivity index (χ0v) is 29.8. The summed E-state index contributed by atoms with van der Waals surface area (Å²) in [5, 5.41) is 18.3. The number of rotatable bonds is 7. The number of nitrogens with zero attached hydrogens (tertiary/aromatic N) is 5. The van der Waals surface area contributed by atoms with E-state index in [1.165, 1.54) is 10.4 Å². The monoisotopic (exact) mass is 761 g/mol. The van der Waals surface area contributed by atoms with E-state index in [0.717, 1.165) is 23.2 Å². The number of carbonyl (C=O) groups is 3. The first-order chi connectivity index (χ1) is 23.5. The fourth-order valence-corrected chi connectivity index (χ4v) is 8.48. The standard InChI is InChI=1S/C33H44BrN7O7S/c34-27-21-23(5-6-29(27)42)22-30(31(43)38-19-17-37(18-20-38)25-10-14-40(15-11-25)49(35,46)47)48-33(45)39-12-8-26(9-13-39)41-16-7-24-3-1-2-4-28(24)36-32(41)44/h1-6,21,25-26,30,42H,7-20,22H2,(H,36,44)(H2,35,46,47). The molecule has 0 saturated carbocycles. The molecule has 16 heteroatoms. The molecule has 2 aromatic rings. The number of hydrogen-bond donors (Lipinski definition) is 3. The minimum Gasteiger partial charge on any atom is -0.507 e. The summed E-state index contributed by atoms with van der Waals surface area (Å²) >= 11 is 3.34. The molecule has 2 aromatic carbocycles. The first kappa shape index (κ1) is 35.4. The van der Waals surface area contributed by atoms with E-state index in [1.54, 1.807) is 21.9 Å². The molecule has 0 bridgehead atoms. The van der Waals surface area contributed by atoms with Crippen LogP contribution in [0.5, 0.6) is 5.75 Å². The Labute approximate surface area is 295 Å². The molecule has 3 fully saturated rings. The largest absolute Gasteiger partial charge is 0.507 e. The van der Waals surface area contributed by atoms with Crippen molar-refractivity contribution in [1.82, 2.24) is 23.9 Å². The van der Waals surface area contributed by atoms with Gasteiger partial charge in [-0.15, -0.1) is 0 Å². The zero-order valence-electron chi connectivity index (χ0n) is 27.4. The van der Waals surface area contributed by atoms with Gasteiger partial charge in [0, 0.05) is 83.1 Å². The average Bonchev–Trinajstić information content (AvgIpc) is 3.27. The summed E-state index contributed by atoms with van der Waals surface area (Å²) in [6.45, 7) is 4.30. The molecule has 1 unspecified atom stereocenters. The maximum Gasteiger partial charge on any atom is 0.410 e. The molecule has 6 rings (SSSR count). The Bertz CT molecular complexity index is 1640. The van der Waals surface area contributed by atoms with Gasteiger partial charge in [0.25, 0.3) is 16.1 Å². The van der Waals surface area contributed by atoms with Gasteiger partial charge in [0.1, 0.15) is 5.75 Å². The predicted octanol–water partition coefficient (Wildman–Crippen LogP) is 2.57. The molecular formula is C33H44BrN7O7S. The molecule has 4 amide bonds. The van der Waals surface area contributed by atoms with Gasteiger partial charge in [-0.25, -0.2) is 14.7 Å². The molecular weight excluding hydrogens is 718 g/mol. The van der Waals surface area contributed by atoms with Crippen LogP contribution in [0.25, 0.3) is 0 Å². The van der Waals surface area contributed by atoms with Gasteiger partial charge in [-0.05, 0) is 77.4 Å². The number of hydrogen-bond acceptors (Lipinski definition) is 8. The molecule has 4 N–H and O–H groups in total. The highest BCUT2D eigenvalue weighted by atomic mass is 79.9. The van der Waals surface area contributed by atoms with Crippen molar-refractivity contribution in [3.05, 3.63) is 58.1 Å². The van der Waals surface area contributed by atoms with Crippen LogP contribution in [0, 0.1) is 0 Å². The van der Waals surface area contributed by atoms with Gasteiger partial charge < -0.3 is 29.9 Å². The predicted molar refractivity (Wildman–Crippen MR) is 186 cm³/mol. The van der Waals surface area contributed by atoms with Crippen molar-refractivity contribution in [2.24, 2.45) is 5.14 Å². The van der Waals surface area contributed by atoms with Crippen LogP contribution in [-0.2, 0) is 32.6 Å². The normalized spacial score (nSPS) is 21.1. The molecule has 1 atom stereocenters. The first-order valence-electron chi connectivity index (χ1n) is 16.9. The lowest BCUT2D eigenvalue weighted by Crippen LogP contribution is -2.57. The van der Waals surface area contributed by atoms with Crippen molar-refractivity contribution in [2.75, 3.05) is 64.2 Å². The number of fused-ring (bicyclic) bond motifs is 1. The summed E-state index contributed by atoms with van der Waals surface area (Å²) in [5.74, 6) is -0.212. The number of para-hydroxylation sites is 1. The second kappa shape index (κ2) is 15.2. The molecule has 3 saturated heterocycles. The first-order valence-corrected chi connectivity index (χ1v) is 19.1. The molecule has 0 aliphatic carbocycles. The number of phenolic OH excluding ortho intramolecular Hbond substituents is 1. The highest BCUT2D eigenvalue weighted by molar-refractivity contribution is 9.10. The van der Waals surface area contributed by atoms with Crippen LogP contribution in [-0.4, -0.2) is 133 Å². The molecule has 14 nitrogen and oxygen atoms in total. The third-order valence-electron chi connectivity index (χ3n) is 10.2. The lowest BCUT2D eigenvalue weighted by molar-refractivity contribution is -0.143. The van der Waals surface area contributed by atoms with E-state index in [9.17, 15) is 27.9 Å². The van der Waals surface area contributed by atoms with Crippen LogP contribution in [0.2, 0.25) is 0 Å². The molecule has 0 aromatic heterocycles. The van der Waals surface area contributed by atoms with Gasteiger partial charge >= 0.3 is 12.1 Å². The number of anilines is 1. The van der Waals surface area contributed by atoms with Gasteiger partial charge in [-0.1, -0.05) is 24.3 Å². The van der Waals surface area contributed by atoms with Gasteiger partial charge in [-0.2, -0.15) is 12.7 Å². The fourth-order valence-electron chi connectivity index (χ4n) is 7.34. The number of aromatic hydroxyl groups is 1. The second-order valence-electron chi connectivity index (χ2n) is 13.1. The smallest absolute Gasteiger partial charge is 0.410 e. The SMILES string of the molecule is NS(=O)(=O)N1CCC(N2CCN(C(=O)C(Cc3ccc(O)c(Br)c3)OC(=O)N3CCC(N4CCc5ccccc5NC4=O)CC3)CC2)CC1. The maximum atomic E-state index is 13.9. The van der Waals surface area contributed by atoms with E-state index in [0.29, 0.717) is 89.1 Å². The van der Waals surface area contributed by atoms with Gasteiger partial charge in [0.05, 0.1) is 4.47 Å². The Morgan fingerprint density at radius 1 is 0.918 bits per heavy atom. The number of halogens is 1. The highest BCUT2D eigenvalue weighted by Gasteiger charge is 2.37. The minimum absolute atomic E-state index is 0.0200. The number of ether oxygens (including phenoxy) is 1. The number of amides is 4. The lowest BCUT2D eigenvalue weighted by atomic mass is 10.0. The van der Waals surface area contributed by atoms with Gasteiger partial charge in [-0.3, -0.25) is 9.69 Å². The van der Waals surface area contributed by atoms with Crippen LogP contribution in [0.1, 0.15) is 36.8 Å². The minimum atomic E-state index is -3.70. The lowest BCUT2D eigenvalue weighted by Gasteiger charge is -2.42. The number of urea groups is 1. The maximum absolute atomic E-state index is 13.9. The van der Waals surface area contributed by atoms with Crippen LogP contribution in [0.3, 0.4) is 0 Å². The highest BCUT2D eigenvalue weighted by Crippen LogP contribution is 2.28. The molecule has 266 valence electrons. The summed E-state index contributed by atoms with van der Waals surface area (Å²) < 4.78 is 31.2. The molecule has 0 radical (unpaired) electrons. The number of benzene rings is 2. The van der Waals surface area contributed by atoms with Crippen LogP contribution in [0.4, 0.5) is 15.3 Å². The summed E-state index contributed by atoms with van der Waals surface area (Å²) in [5.41, 5.74) is 2.66. The van der Waals surface area contributed by atoms with Gasteiger partial charge in [0.2, 0.25) is 0 Å². The molecule has 0 spiro atoms. The number of phenols is 1. The van der Waals surface area contributed by atoms with Crippen LogP contribution >= 0.6 is 15.9 Å². The van der Waals surface area contributed by atoms with E-state index in [-0.39, 0.29) is 36.2 Å². The van der Waals surface area contributed by atoms with Crippen molar-refractivity contribution >= 4 is 49.9 Å². The molecule has 4 aliphatic heterocycles. The number of piperazine rings is 1. The Hall–Kier alpha value is -3.44. The Morgan fingerprint density at radius 3 is 2.27 bits per heavy atom. The van der Waals surface area contributed by atoms with E-state index in [4.69, 9.17) is 9.88 Å². The average molecular weight is 763 g/mol. The fraction of sp³-hybridized carbons (Fsp3) is 0.545. The van der Waals surface area contributed by atoms with Crippen LogP contribution < -0.4 is 10.5 Å². The van der Waals surface area contributed by atoms with Crippen molar-refractivity contribution in [2.45, 2.75) is 56.7 Å². The number of carbonyl (C=O) groups excluding carboxylic acids is 3. The molecule has 4 heterocycles. The Balaban J connectivity index is 1.06.